The zero-order chi connectivity index (χ0) is 20.1. The third-order valence-electron chi connectivity index (χ3n) is 5.88. The number of carbonyl (C=O) groups excluding carboxylic acids is 1. The van der Waals surface area contributed by atoms with Crippen LogP contribution in [0, 0.1) is 0 Å². The van der Waals surface area contributed by atoms with Crippen molar-refractivity contribution in [2.24, 2.45) is 7.05 Å². The van der Waals surface area contributed by atoms with Crippen LogP contribution in [0.1, 0.15) is 23.2 Å². The van der Waals surface area contributed by atoms with Crippen molar-refractivity contribution in [3.63, 3.8) is 0 Å². The highest BCUT2D eigenvalue weighted by Gasteiger charge is 2.37. The molecule has 4 heterocycles. The molecule has 1 atom stereocenters. The minimum atomic E-state index is -0.0941. The van der Waals surface area contributed by atoms with Crippen molar-refractivity contribution in [2.45, 2.75) is 24.0 Å². The predicted molar refractivity (Wildman–Crippen MR) is 115 cm³/mol. The molecule has 0 bridgehead atoms. The maximum atomic E-state index is 13.6. The van der Waals surface area contributed by atoms with Crippen LogP contribution in [0.15, 0.2) is 46.5 Å². The van der Waals surface area contributed by atoms with Gasteiger partial charge in [0.2, 0.25) is 0 Å². The minimum Gasteiger partial charge on any atom is -0.351 e. The summed E-state index contributed by atoms with van der Waals surface area (Å²) in [6.07, 6.45) is 5.69. The van der Waals surface area contributed by atoms with E-state index < -0.39 is 0 Å². The SMILES string of the molecule is CSc1ncc2c(n1)N1CCC[C@H]1CN(c1cccc3c1ccc(=O)n3C)C2=O. The average molecular weight is 407 g/mol. The summed E-state index contributed by atoms with van der Waals surface area (Å²) < 4.78 is 1.62. The van der Waals surface area contributed by atoms with E-state index in [2.05, 4.69) is 14.9 Å². The molecule has 2 aromatic heterocycles. The van der Waals surface area contributed by atoms with Crippen molar-refractivity contribution in [3.05, 3.63) is 52.4 Å². The summed E-state index contributed by atoms with van der Waals surface area (Å²) in [5.41, 5.74) is 2.09. The summed E-state index contributed by atoms with van der Waals surface area (Å²) in [7, 11) is 1.75. The van der Waals surface area contributed by atoms with E-state index in [9.17, 15) is 9.59 Å². The molecule has 1 saturated heterocycles. The van der Waals surface area contributed by atoms with Gasteiger partial charge in [-0.15, -0.1) is 0 Å². The number of anilines is 2. The molecule has 0 unspecified atom stereocenters. The molecule has 1 amide bonds. The van der Waals surface area contributed by atoms with Crippen LogP contribution in [0.4, 0.5) is 11.5 Å². The molecule has 0 radical (unpaired) electrons. The van der Waals surface area contributed by atoms with E-state index in [0.29, 0.717) is 17.3 Å². The van der Waals surface area contributed by atoms with Crippen LogP contribution in [0.2, 0.25) is 0 Å². The second-order valence-corrected chi connectivity index (χ2v) is 8.21. The maximum absolute atomic E-state index is 13.6. The first-order valence-electron chi connectivity index (χ1n) is 9.67. The third kappa shape index (κ3) is 2.81. The van der Waals surface area contributed by atoms with E-state index in [1.54, 1.807) is 23.9 Å². The van der Waals surface area contributed by atoms with Gasteiger partial charge in [-0.05, 0) is 37.3 Å². The van der Waals surface area contributed by atoms with Crippen LogP contribution in [0.5, 0.6) is 0 Å². The Morgan fingerprint density at radius 1 is 1.17 bits per heavy atom. The van der Waals surface area contributed by atoms with Crippen molar-refractivity contribution in [1.29, 1.82) is 0 Å². The Labute approximate surface area is 172 Å². The number of carbonyl (C=O) groups is 1. The number of fused-ring (bicyclic) bond motifs is 4. The molecule has 148 valence electrons. The molecule has 3 aromatic rings. The highest BCUT2D eigenvalue weighted by atomic mass is 32.2. The zero-order valence-corrected chi connectivity index (χ0v) is 17.1. The van der Waals surface area contributed by atoms with Gasteiger partial charge in [0.05, 0.1) is 11.2 Å². The lowest BCUT2D eigenvalue weighted by molar-refractivity contribution is 0.0988. The number of pyridine rings is 1. The molecule has 1 fully saturated rings. The molecule has 2 aliphatic rings. The predicted octanol–water partition coefficient (Wildman–Crippen LogP) is 2.68. The molecule has 0 saturated carbocycles. The molecule has 2 aliphatic heterocycles. The standard InChI is InChI=1S/C21H21N5O2S/c1-24-16-6-3-7-17(14(16)8-9-18(24)27)26-12-13-5-4-10-25(13)19-15(20(26)28)11-22-21(23-19)29-2/h3,6-9,11,13H,4-5,10,12H2,1-2H3/t13-/m0/s1. The van der Waals surface area contributed by atoms with Gasteiger partial charge in [0, 0.05) is 43.8 Å². The maximum Gasteiger partial charge on any atom is 0.263 e. The van der Waals surface area contributed by atoms with Crippen LogP contribution in [0.3, 0.4) is 0 Å². The Morgan fingerprint density at radius 2 is 2.03 bits per heavy atom. The normalized spacial score (nSPS) is 18.7. The summed E-state index contributed by atoms with van der Waals surface area (Å²) in [6.45, 7) is 1.49. The lowest BCUT2D eigenvalue weighted by Crippen LogP contribution is -2.40. The molecule has 5 rings (SSSR count). The number of aromatic nitrogens is 3. The average Bonchev–Trinajstić information content (AvgIpc) is 3.17. The molecule has 8 heteroatoms. The number of amides is 1. The van der Waals surface area contributed by atoms with E-state index in [4.69, 9.17) is 0 Å². The molecule has 0 spiro atoms. The van der Waals surface area contributed by atoms with E-state index >= 15 is 0 Å². The van der Waals surface area contributed by atoms with Crippen LogP contribution < -0.4 is 15.4 Å². The van der Waals surface area contributed by atoms with E-state index in [1.807, 2.05) is 35.4 Å². The number of benzene rings is 1. The van der Waals surface area contributed by atoms with E-state index in [0.717, 1.165) is 41.8 Å². The first-order chi connectivity index (χ1) is 14.1. The summed E-state index contributed by atoms with van der Waals surface area (Å²) in [6, 6.07) is 9.34. The van der Waals surface area contributed by atoms with Crippen LogP contribution >= 0.6 is 11.8 Å². The molecular formula is C21H21N5O2S. The van der Waals surface area contributed by atoms with Gasteiger partial charge in [-0.2, -0.15) is 0 Å². The molecule has 7 nitrogen and oxygen atoms in total. The fraction of sp³-hybridized carbons (Fsp3) is 0.333. The largest absolute Gasteiger partial charge is 0.351 e. The van der Waals surface area contributed by atoms with Gasteiger partial charge >= 0.3 is 0 Å². The van der Waals surface area contributed by atoms with Crippen molar-refractivity contribution in [1.82, 2.24) is 14.5 Å². The Hall–Kier alpha value is -2.87. The van der Waals surface area contributed by atoms with Crippen molar-refractivity contribution in [3.8, 4) is 0 Å². The minimum absolute atomic E-state index is 0.0675. The highest BCUT2D eigenvalue weighted by molar-refractivity contribution is 7.98. The van der Waals surface area contributed by atoms with Crippen molar-refractivity contribution < 1.29 is 4.79 Å². The van der Waals surface area contributed by atoms with E-state index in [1.165, 1.54) is 11.8 Å². The monoisotopic (exact) mass is 407 g/mol. The third-order valence-corrected chi connectivity index (χ3v) is 6.44. The summed E-state index contributed by atoms with van der Waals surface area (Å²) in [4.78, 5) is 38.8. The van der Waals surface area contributed by atoms with Gasteiger partial charge in [0.25, 0.3) is 11.5 Å². The Kier molecular flexibility index (Phi) is 4.31. The second kappa shape index (κ2) is 6.88. The van der Waals surface area contributed by atoms with Gasteiger partial charge in [0.1, 0.15) is 11.4 Å². The number of aryl methyl sites for hydroxylation is 1. The number of thioether (sulfide) groups is 1. The molecule has 1 aromatic carbocycles. The number of hydrogen-bond acceptors (Lipinski definition) is 6. The summed E-state index contributed by atoms with van der Waals surface area (Å²) in [5, 5.41) is 1.56. The highest BCUT2D eigenvalue weighted by Crippen LogP contribution is 2.36. The second-order valence-electron chi connectivity index (χ2n) is 7.44. The fourth-order valence-electron chi connectivity index (χ4n) is 4.40. The lowest BCUT2D eigenvalue weighted by Gasteiger charge is -2.27. The van der Waals surface area contributed by atoms with Crippen LogP contribution in [-0.4, -0.2) is 45.8 Å². The quantitative estimate of drug-likeness (QED) is 0.481. The Bertz CT molecular complexity index is 1190. The molecule has 0 N–H and O–H groups in total. The van der Waals surface area contributed by atoms with Crippen LogP contribution in [-0.2, 0) is 7.05 Å². The molecule has 29 heavy (non-hydrogen) atoms. The Balaban J connectivity index is 1.70. The van der Waals surface area contributed by atoms with Gasteiger partial charge in [-0.25, -0.2) is 9.97 Å². The first kappa shape index (κ1) is 18.2. The summed E-state index contributed by atoms with van der Waals surface area (Å²) >= 11 is 1.48. The van der Waals surface area contributed by atoms with Crippen LogP contribution in [0.25, 0.3) is 10.9 Å². The molecular weight excluding hydrogens is 386 g/mol. The number of rotatable bonds is 2. The first-order valence-corrected chi connectivity index (χ1v) is 10.9. The zero-order valence-electron chi connectivity index (χ0n) is 16.3. The summed E-state index contributed by atoms with van der Waals surface area (Å²) in [5.74, 6) is 0.649. The Morgan fingerprint density at radius 3 is 2.86 bits per heavy atom. The van der Waals surface area contributed by atoms with Crippen molar-refractivity contribution >= 4 is 40.1 Å². The van der Waals surface area contributed by atoms with Crippen molar-refractivity contribution in [2.75, 3.05) is 29.1 Å². The van der Waals surface area contributed by atoms with Gasteiger partial charge in [-0.3, -0.25) is 9.59 Å². The van der Waals surface area contributed by atoms with Gasteiger partial charge in [0.15, 0.2) is 5.16 Å². The lowest BCUT2D eigenvalue weighted by atomic mass is 10.1. The topological polar surface area (TPSA) is 71.3 Å². The van der Waals surface area contributed by atoms with E-state index in [-0.39, 0.29) is 17.5 Å². The number of nitrogens with zero attached hydrogens (tertiary/aromatic N) is 5. The number of hydrogen-bond donors (Lipinski definition) is 0. The van der Waals surface area contributed by atoms with Gasteiger partial charge in [-0.1, -0.05) is 17.8 Å². The fourth-order valence-corrected chi connectivity index (χ4v) is 4.74. The smallest absolute Gasteiger partial charge is 0.263 e. The van der Waals surface area contributed by atoms with Gasteiger partial charge < -0.3 is 14.4 Å². The molecule has 0 aliphatic carbocycles.